The van der Waals surface area contributed by atoms with Crippen LogP contribution >= 0.6 is 0 Å². The van der Waals surface area contributed by atoms with Crippen molar-refractivity contribution in [2.24, 2.45) is 0 Å². The number of pyridine rings is 1. The number of rotatable bonds is 3. The Kier molecular flexibility index (Phi) is 4.71. The van der Waals surface area contributed by atoms with E-state index < -0.39 is 0 Å². The number of aryl methyl sites for hydroxylation is 1. The quantitative estimate of drug-likeness (QED) is 0.262. The van der Waals surface area contributed by atoms with Gasteiger partial charge in [-0.3, -0.25) is 0 Å². The first-order valence-corrected chi connectivity index (χ1v) is 12.2. The van der Waals surface area contributed by atoms with E-state index in [2.05, 4.69) is 121 Å². The molecule has 0 amide bonds. The van der Waals surface area contributed by atoms with Gasteiger partial charge in [0, 0.05) is 22.5 Å². The molecule has 0 aliphatic heterocycles. The fourth-order valence-corrected chi connectivity index (χ4v) is 5.05. The second kappa shape index (κ2) is 8.21. The van der Waals surface area contributed by atoms with Gasteiger partial charge in [-0.25, -0.2) is 4.98 Å². The molecule has 170 valence electrons. The first kappa shape index (κ1) is 20.7. The molecule has 2 aromatic heterocycles. The molecule has 0 atom stereocenters. The Bertz CT molecular complexity index is 1880. The van der Waals surface area contributed by atoms with E-state index in [0.717, 1.165) is 27.5 Å². The molecule has 0 saturated heterocycles. The number of nitrogens with zero attached hydrogens (tertiary/aromatic N) is 1. The summed E-state index contributed by atoms with van der Waals surface area (Å²) in [7, 11) is 0. The topological polar surface area (TPSA) is 26.0 Å². The molecule has 0 saturated carbocycles. The number of furan rings is 1. The number of benzene rings is 5. The highest BCUT2D eigenvalue weighted by atomic mass is 16.3. The van der Waals surface area contributed by atoms with Crippen LogP contribution in [0.5, 0.6) is 0 Å². The summed E-state index contributed by atoms with van der Waals surface area (Å²) in [5, 5.41) is 4.64. The zero-order valence-corrected chi connectivity index (χ0v) is 19.9. The van der Waals surface area contributed by atoms with Crippen LogP contribution in [0.1, 0.15) is 5.56 Å². The highest BCUT2D eigenvalue weighted by molar-refractivity contribution is 6.08. The summed E-state index contributed by atoms with van der Waals surface area (Å²) in [4.78, 5) is 4.39. The molecule has 5 aromatic carbocycles. The van der Waals surface area contributed by atoms with Gasteiger partial charge < -0.3 is 4.42 Å². The third-order valence-electron chi connectivity index (χ3n) is 7.03. The number of hydrogen-bond acceptors (Lipinski definition) is 2. The summed E-state index contributed by atoms with van der Waals surface area (Å²) in [5.41, 5.74) is 9.96. The zero-order valence-electron chi connectivity index (χ0n) is 19.9. The lowest BCUT2D eigenvalue weighted by atomic mass is 9.96. The Morgan fingerprint density at radius 3 is 1.81 bits per heavy atom. The SMILES string of the molecule is Cc1ccc(-c2ccc3cc(-c4ccc(-c5cccc6c5oc5ncccc56)cc4)ccc3c2)cc1. The summed E-state index contributed by atoms with van der Waals surface area (Å²) in [6.07, 6.45) is 1.77. The van der Waals surface area contributed by atoms with Crippen molar-refractivity contribution in [3.05, 3.63) is 127 Å². The van der Waals surface area contributed by atoms with E-state index in [0.29, 0.717) is 5.71 Å². The third kappa shape index (κ3) is 3.47. The molecule has 0 bridgehead atoms. The molecule has 36 heavy (non-hydrogen) atoms. The Hall–Kier alpha value is -4.69. The highest BCUT2D eigenvalue weighted by Crippen LogP contribution is 2.36. The van der Waals surface area contributed by atoms with Crippen LogP contribution in [0.3, 0.4) is 0 Å². The maximum atomic E-state index is 6.14. The first-order chi connectivity index (χ1) is 17.7. The standard InChI is InChI=1S/C34H23NO/c1-22-7-9-23(10-8-22)26-15-17-29-21-27(16-18-28(29)20-26)24-11-13-25(14-12-24)30-4-2-5-31-32-6-3-19-35-34(32)36-33(30)31/h2-21H,1H3. The van der Waals surface area contributed by atoms with E-state index in [9.17, 15) is 0 Å². The number of aromatic nitrogens is 1. The van der Waals surface area contributed by atoms with Crippen molar-refractivity contribution in [3.8, 4) is 33.4 Å². The number of hydrogen-bond donors (Lipinski definition) is 0. The average Bonchev–Trinajstić information content (AvgIpc) is 3.32. The molecule has 2 heteroatoms. The van der Waals surface area contributed by atoms with Gasteiger partial charge in [0.1, 0.15) is 5.58 Å². The Balaban J connectivity index is 1.23. The monoisotopic (exact) mass is 461 g/mol. The van der Waals surface area contributed by atoms with E-state index >= 15 is 0 Å². The predicted octanol–water partition coefficient (Wildman–Crippen LogP) is 9.44. The van der Waals surface area contributed by atoms with Crippen LogP contribution in [-0.4, -0.2) is 4.98 Å². The summed E-state index contributed by atoms with van der Waals surface area (Å²) < 4.78 is 6.14. The van der Waals surface area contributed by atoms with Crippen LogP contribution in [0.25, 0.3) is 66.2 Å². The lowest BCUT2D eigenvalue weighted by Gasteiger charge is -2.09. The summed E-state index contributed by atoms with van der Waals surface area (Å²) in [6.45, 7) is 2.12. The molecule has 0 aliphatic carbocycles. The van der Waals surface area contributed by atoms with E-state index in [4.69, 9.17) is 4.42 Å². The van der Waals surface area contributed by atoms with Crippen molar-refractivity contribution in [2.75, 3.05) is 0 Å². The molecule has 0 N–H and O–H groups in total. The van der Waals surface area contributed by atoms with E-state index in [-0.39, 0.29) is 0 Å². The zero-order chi connectivity index (χ0) is 24.1. The molecule has 0 radical (unpaired) electrons. The van der Waals surface area contributed by atoms with Crippen molar-refractivity contribution in [3.63, 3.8) is 0 Å². The molecule has 0 spiro atoms. The van der Waals surface area contributed by atoms with E-state index in [1.807, 2.05) is 6.07 Å². The van der Waals surface area contributed by atoms with Crippen LogP contribution in [0.4, 0.5) is 0 Å². The Labute approximate surface area is 209 Å². The van der Waals surface area contributed by atoms with Crippen LogP contribution in [0, 0.1) is 6.92 Å². The van der Waals surface area contributed by atoms with Gasteiger partial charge in [0.25, 0.3) is 0 Å². The molecule has 2 nitrogen and oxygen atoms in total. The van der Waals surface area contributed by atoms with Gasteiger partial charge >= 0.3 is 0 Å². The van der Waals surface area contributed by atoms with E-state index in [1.54, 1.807) is 6.20 Å². The summed E-state index contributed by atoms with van der Waals surface area (Å²) in [6, 6.07) is 41.2. The van der Waals surface area contributed by atoms with Gasteiger partial charge in [-0.2, -0.15) is 0 Å². The van der Waals surface area contributed by atoms with Crippen molar-refractivity contribution in [1.29, 1.82) is 0 Å². The number of fused-ring (bicyclic) bond motifs is 4. The van der Waals surface area contributed by atoms with E-state index in [1.165, 1.54) is 38.6 Å². The largest absolute Gasteiger partial charge is 0.437 e. The summed E-state index contributed by atoms with van der Waals surface area (Å²) >= 11 is 0. The lowest BCUT2D eigenvalue weighted by Crippen LogP contribution is -1.83. The minimum atomic E-state index is 0.679. The fourth-order valence-electron chi connectivity index (χ4n) is 5.05. The molecule has 0 aliphatic rings. The maximum absolute atomic E-state index is 6.14. The Morgan fingerprint density at radius 2 is 1.11 bits per heavy atom. The van der Waals surface area contributed by atoms with Crippen LogP contribution < -0.4 is 0 Å². The van der Waals surface area contributed by atoms with Crippen LogP contribution in [0.15, 0.2) is 126 Å². The van der Waals surface area contributed by atoms with Crippen molar-refractivity contribution in [2.45, 2.75) is 6.92 Å². The Morgan fingerprint density at radius 1 is 0.528 bits per heavy atom. The average molecular weight is 462 g/mol. The fraction of sp³-hybridized carbons (Fsp3) is 0.0294. The van der Waals surface area contributed by atoms with Gasteiger partial charge in [0.2, 0.25) is 5.71 Å². The molecule has 7 aromatic rings. The second-order valence-electron chi connectivity index (χ2n) is 9.36. The normalized spacial score (nSPS) is 11.5. The smallest absolute Gasteiger partial charge is 0.227 e. The molecule has 7 rings (SSSR count). The van der Waals surface area contributed by atoms with Crippen molar-refractivity contribution >= 4 is 32.8 Å². The minimum absolute atomic E-state index is 0.679. The van der Waals surface area contributed by atoms with Gasteiger partial charge in [-0.15, -0.1) is 0 Å². The molecular weight excluding hydrogens is 438 g/mol. The second-order valence-corrected chi connectivity index (χ2v) is 9.36. The maximum Gasteiger partial charge on any atom is 0.227 e. The highest BCUT2D eigenvalue weighted by Gasteiger charge is 2.12. The predicted molar refractivity (Wildman–Crippen MR) is 150 cm³/mol. The van der Waals surface area contributed by atoms with Crippen molar-refractivity contribution < 1.29 is 4.42 Å². The van der Waals surface area contributed by atoms with Gasteiger partial charge in [0.05, 0.1) is 0 Å². The molecular formula is C34H23NO. The minimum Gasteiger partial charge on any atom is -0.437 e. The van der Waals surface area contributed by atoms with Gasteiger partial charge in [0.15, 0.2) is 0 Å². The van der Waals surface area contributed by atoms with Crippen molar-refractivity contribution in [1.82, 2.24) is 4.98 Å². The first-order valence-electron chi connectivity index (χ1n) is 12.2. The van der Waals surface area contributed by atoms with Gasteiger partial charge in [-0.05, 0) is 69.8 Å². The third-order valence-corrected chi connectivity index (χ3v) is 7.03. The lowest BCUT2D eigenvalue weighted by molar-refractivity contribution is 0.655. The number of para-hydroxylation sites is 1. The molecule has 2 heterocycles. The van der Waals surface area contributed by atoms with Crippen LogP contribution in [-0.2, 0) is 0 Å². The van der Waals surface area contributed by atoms with Gasteiger partial charge in [-0.1, -0.05) is 96.6 Å². The molecule has 0 unspecified atom stereocenters. The molecule has 0 fully saturated rings. The van der Waals surface area contributed by atoms with Crippen LogP contribution in [0.2, 0.25) is 0 Å². The summed E-state index contributed by atoms with van der Waals surface area (Å²) in [5.74, 6) is 0.